The van der Waals surface area contributed by atoms with Gasteiger partial charge in [-0.2, -0.15) is 0 Å². The van der Waals surface area contributed by atoms with Crippen molar-refractivity contribution in [3.05, 3.63) is 69.0 Å². The van der Waals surface area contributed by atoms with E-state index in [-0.39, 0.29) is 10.0 Å². The van der Waals surface area contributed by atoms with Crippen molar-refractivity contribution < 1.29 is 8.60 Å². The van der Waals surface area contributed by atoms with Crippen LogP contribution in [0.1, 0.15) is 28.7 Å². The smallest absolute Gasteiger partial charge is 0.156 e. The minimum absolute atomic E-state index is 0.0344. The average molecular weight is 442 g/mol. The van der Waals surface area contributed by atoms with Crippen LogP contribution in [0.5, 0.6) is 0 Å². The van der Waals surface area contributed by atoms with Crippen LogP contribution in [0.15, 0.2) is 35.5 Å². The molecule has 0 radical (unpaired) electrons. The van der Waals surface area contributed by atoms with Crippen LogP contribution in [0.25, 0.3) is 0 Å². The van der Waals surface area contributed by atoms with Gasteiger partial charge < -0.3 is 10.3 Å². The molecule has 28 heavy (non-hydrogen) atoms. The lowest BCUT2D eigenvalue weighted by Gasteiger charge is -2.19. The molecule has 1 aromatic carbocycles. The lowest BCUT2D eigenvalue weighted by molar-refractivity contribution is 0.627. The second kappa shape index (κ2) is 7.69. The van der Waals surface area contributed by atoms with E-state index >= 15 is 0 Å². The molecule has 0 bridgehead atoms. The Hall–Kier alpha value is -2.16. The molecule has 1 unspecified atom stereocenters. The summed E-state index contributed by atoms with van der Waals surface area (Å²) in [6.07, 6.45) is 2.83. The lowest BCUT2D eigenvalue weighted by atomic mass is 10.1. The molecule has 0 saturated heterocycles. The van der Waals surface area contributed by atoms with E-state index in [0.29, 0.717) is 27.9 Å². The van der Waals surface area contributed by atoms with E-state index in [9.17, 15) is 8.60 Å². The zero-order valence-electron chi connectivity index (χ0n) is 15.3. The molecule has 0 amide bonds. The number of halogens is 3. The Balaban J connectivity index is 2.11. The summed E-state index contributed by atoms with van der Waals surface area (Å²) in [7, 11) is -3.02. The monoisotopic (exact) mass is 441 g/mol. The minimum atomic E-state index is -3.02. The first-order valence-corrected chi connectivity index (χ1v) is 10.9. The highest BCUT2D eigenvalue weighted by molar-refractivity contribution is 7.91. The number of imidazole rings is 1. The quantitative estimate of drug-likeness (QED) is 0.512. The fourth-order valence-corrected chi connectivity index (χ4v) is 3.95. The molecule has 6 nitrogen and oxygen atoms in total. The van der Waals surface area contributed by atoms with E-state index in [2.05, 4.69) is 20.3 Å². The second-order valence-electron chi connectivity index (χ2n) is 6.47. The standard InChI is InChI=1S/C18H18Cl2FN5OS/c1-9-6-15(23-8-13(9)20)25-16(11-4-5-14(21)12(19)7-11)17-24-10(2)18(26-17)28(3,22)27/h4-8,16,22H,1-3H3,(H,23,25)(H,24,26)/t16?,28-/m1/s1. The van der Waals surface area contributed by atoms with Gasteiger partial charge in [0.05, 0.1) is 19.8 Å². The Labute approximate surface area is 172 Å². The Morgan fingerprint density at radius 3 is 2.54 bits per heavy atom. The highest BCUT2D eigenvalue weighted by Gasteiger charge is 2.23. The number of nitrogens with one attached hydrogen (secondary N) is 3. The number of hydrogen-bond acceptors (Lipinski definition) is 5. The average Bonchev–Trinajstić information content (AvgIpc) is 3.00. The van der Waals surface area contributed by atoms with Crippen molar-refractivity contribution >= 4 is 38.7 Å². The highest BCUT2D eigenvalue weighted by atomic mass is 35.5. The van der Waals surface area contributed by atoms with Crippen LogP contribution >= 0.6 is 23.2 Å². The van der Waals surface area contributed by atoms with E-state index in [4.69, 9.17) is 28.0 Å². The molecular formula is C18H18Cl2FN5OS. The van der Waals surface area contributed by atoms with Gasteiger partial charge in [-0.15, -0.1) is 0 Å². The van der Waals surface area contributed by atoms with Gasteiger partial charge in [-0.1, -0.05) is 29.3 Å². The number of pyridine rings is 1. The summed E-state index contributed by atoms with van der Waals surface area (Å²) in [5.74, 6) is 0.390. The predicted octanol–water partition coefficient (Wildman–Crippen LogP) is 5.10. The van der Waals surface area contributed by atoms with Gasteiger partial charge in [0, 0.05) is 18.1 Å². The van der Waals surface area contributed by atoms with Gasteiger partial charge in [-0.25, -0.2) is 23.3 Å². The van der Waals surface area contributed by atoms with Crippen molar-refractivity contribution in [2.45, 2.75) is 24.9 Å². The van der Waals surface area contributed by atoms with Crippen LogP contribution < -0.4 is 5.32 Å². The number of H-pyrrole nitrogens is 1. The number of anilines is 1. The molecule has 2 heterocycles. The van der Waals surface area contributed by atoms with Crippen molar-refractivity contribution in [2.75, 3.05) is 11.6 Å². The summed E-state index contributed by atoms with van der Waals surface area (Å²) in [5.41, 5.74) is 1.97. The number of aromatic nitrogens is 3. The normalized spacial score (nSPS) is 14.5. The number of rotatable bonds is 5. The molecular weight excluding hydrogens is 424 g/mol. The fraction of sp³-hybridized carbons (Fsp3) is 0.222. The molecule has 3 N–H and O–H groups in total. The van der Waals surface area contributed by atoms with E-state index in [1.165, 1.54) is 24.6 Å². The van der Waals surface area contributed by atoms with Crippen molar-refractivity contribution in [2.24, 2.45) is 0 Å². The van der Waals surface area contributed by atoms with Crippen molar-refractivity contribution in [1.29, 1.82) is 4.78 Å². The third kappa shape index (κ3) is 4.29. The first kappa shape index (κ1) is 20.6. The van der Waals surface area contributed by atoms with E-state index < -0.39 is 21.6 Å². The fourth-order valence-electron chi connectivity index (χ4n) is 2.75. The molecule has 2 aromatic heterocycles. The first-order valence-electron chi connectivity index (χ1n) is 8.20. The van der Waals surface area contributed by atoms with Crippen LogP contribution in [0.3, 0.4) is 0 Å². The molecule has 148 valence electrons. The summed E-state index contributed by atoms with van der Waals surface area (Å²) in [4.78, 5) is 11.7. The van der Waals surface area contributed by atoms with E-state index in [1.807, 2.05) is 6.92 Å². The first-order chi connectivity index (χ1) is 13.1. The van der Waals surface area contributed by atoms with Gasteiger partial charge in [0.1, 0.15) is 23.5 Å². The molecule has 3 aromatic rings. The topological polar surface area (TPSA) is 94.5 Å². The van der Waals surface area contributed by atoms with Gasteiger partial charge in [0.25, 0.3) is 0 Å². The minimum Gasteiger partial charge on any atom is -0.356 e. The number of aromatic amines is 1. The second-order valence-corrected chi connectivity index (χ2v) is 9.35. The Morgan fingerprint density at radius 1 is 1.25 bits per heavy atom. The van der Waals surface area contributed by atoms with Gasteiger partial charge in [0.15, 0.2) is 5.03 Å². The lowest BCUT2D eigenvalue weighted by Crippen LogP contribution is -2.15. The van der Waals surface area contributed by atoms with Crippen LogP contribution in [-0.4, -0.2) is 25.4 Å². The summed E-state index contributed by atoms with van der Waals surface area (Å²) >= 11 is 12.0. The molecule has 0 aliphatic heterocycles. The molecule has 0 fully saturated rings. The predicted molar refractivity (Wildman–Crippen MR) is 109 cm³/mol. The molecule has 10 heteroatoms. The highest BCUT2D eigenvalue weighted by Crippen LogP contribution is 2.30. The maximum Gasteiger partial charge on any atom is 0.156 e. The number of aryl methyl sites for hydroxylation is 2. The summed E-state index contributed by atoms with van der Waals surface area (Å²) in [5, 5.41) is 3.89. The van der Waals surface area contributed by atoms with Gasteiger partial charge in [-0.3, -0.25) is 0 Å². The molecule has 3 rings (SSSR count). The Kier molecular flexibility index (Phi) is 5.65. The third-order valence-corrected chi connectivity index (χ3v) is 5.94. The Bertz CT molecular complexity index is 1150. The third-order valence-electron chi connectivity index (χ3n) is 4.12. The van der Waals surface area contributed by atoms with Gasteiger partial charge >= 0.3 is 0 Å². The molecule has 0 aliphatic carbocycles. The van der Waals surface area contributed by atoms with Crippen LogP contribution in [0.2, 0.25) is 10.0 Å². The SMILES string of the molecule is Cc1cc(NC(c2ccc(F)c(Cl)c2)c2nc([S@](C)(=N)=O)c(C)[nH]2)ncc1Cl. The maximum absolute atomic E-state index is 13.6. The zero-order valence-corrected chi connectivity index (χ0v) is 17.6. The van der Waals surface area contributed by atoms with Crippen molar-refractivity contribution in [3.8, 4) is 0 Å². The van der Waals surface area contributed by atoms with Crippen molar-refractivity contribution in [1.82, 2.24) is 15.0 Å². The van der Waals surface area contributed by atoms with E-state index in [1.54, 1.807) is 19.1 Å². The molecule has 0 saturated carbocycles. The largest absolute Gasteiger partial charge is 0.356 e. The molecule has 2 atom stereocenters. The molecule has 0 aliphatic rings. The number of nitrogens with zero attached hydrogens (tertiary/aromatic N) is 2. The van der Waals surface area contributed by atoms with Gasteiger partial charge in [0.2, 0.25) is 0 Å². The van der Waals surface area contributed by atoms with Crippen LogP contribution in [0.4, 0.5) is 10.2 Å². The van der Waals surface area contributed by atoms with Crippen LogP contribution in [0, 0.1) is 24.4 Å². The van der Waals surface area contributed by atoms with Crippen molar-refractivity contribution in [3.63, 3.8) is 0 Å². The van der Waals surface area contributed by atoms with Crippen LogP contribution in [-0.2, 0) is 9.73 Å². The molecule has 0 spiro atoms. The summed E-state index contributed by atoms with van der Waals surface area (Å²) in [6, 6.07) is 5.49. The summed E-state index contributed by atoms with van der Waals surface area (Å²) in [6.45, 7) is 3.54. The number of hydrogen-bond donors (Lipinski definition) is 3. The van der Waals surface area contributed by atoms with Gasteiger partial charge in [-0.05, 0) is 43.2 Å². The van der Waals surface area contributed by atoms with E-state index in [0.717, 1.165) is 5.56 Å². The number of benzene rings is 1. The maximum atomic E-state index is 13.6. The zero-order chi connectivity index (χ0) is 20.6. The Morgan fingerprint density at radius 2 is 1.96 bits per heavy atom. The summed E-state index contributed by atoms with van der Waals surface area (Å²) < 4.78 is 33.7.